The lowest BCUT2D eigenvalue weighted by Crippen LogP contribution is -2.31. The molecular formula is C17H16N2O3. The van der Waals surface area contributed by atoms with Crippen LogP contribution in [0.3, 0.4) is 0 Å². The number of carbonyl (C=O) groups is 1. The van der Waals surface area contributed by atoms with Crippen molar-refractivity contribution < 1.29 is 14.3 Å². The first-order valence-corrected chi connectivity index (χ1v) is 6.75. The number of methoxy groups -OCH3 is 1. The highest BCUT2D eigenvalue weighted by molar-refractivity contribution is 5.94. The van der Waals surface area contributed by atoms with Gasteiger partial charge in [0.2, 0.25) is 0 Å². The smallest absolute Gasteiger partial charge is 0.252 e. The highest BCUT2D eigenvalue weighted by Gasteiger charge is 2.09. The van der Waals surface area contributed by atoms with Crippen LogP contribution >= 0.6 is 0 Å². The molecule has 1 N–H and O–H groups in total. The number of ether oxygens (including phenoxy) is 2. The summed E-state index contributed by atoms with van der Waals surface area (Å²) in [6.07, 6.45) is 0. The second kappa shape index (κ2) is 7.14. The van der Waals surface area contributed by atoms with Gasteiger partial charge in [-0.05, 0) is 43.3 Å². The number of carbonyl (C=O) groups excluding carboxylic acids is 1. The number of hydrogen-bond acceptors (Lipinski definition) is 4. The van der Waals surface area contributed by atoms with Crippen molar-refractivity contribution in [3.8, 4) is 23.3 Å². The summed E-state index contributed by atoms with van der Waals surface area (Å²) >= 11 is 0. The van der Waals surface area contributed by atoms with Gasteiger partial charge in [0.25, 0.3) is 5.91 Å². The molecule has 0 aromatic heterocycles. The molecule has 5 heteroatoms. The van der Waals surface area contributed by atoms with Gasteiger partial charge in [-0.2, -0.15) is 5.26 Å². The molecule has 5 nitrogen and oxygen atoms in total. The van der Waals surface area contributed by atoms with Crippen LogP contribution in [0.5, 0.6) is 17.2 Å². The van der Waals surface area contributed by atoms with E-state index in [2.05, 4.69) is 5.32 Å². The van der Waals surface area contributed by atoms with E-state index in [1.807, 2.05) is 24.3 Å². The Bertz CT molecular complexity index is 690. The molecule has 0 saturated heterocycles. The summed E-state index contributed by atoms with van der Waals surface area (Å²) in [5, 5.41) is 11.3. The first-order chi connectivity index (χ1) is 10.6. The third kappa shape index (κ3) is 4.00. The van der Waals surface area contributed by atoms with Crippen LogP contribution in [0.2, 0.25) is 0 Å². The van der Waals surface area contributed by atoms with Crippen LogP contribution in [-0.2, 0) is 0 Å². The number of nitrogens with zero attached hydrogens (tertiary/aromatic N) is 1. The van der Waals surface area contributed by atoms with Crippen molar-refractivity contribution in [2.24, 2.45) is 0 Å². The van der Waals surface area contributed by atoms with Crippen molar-refractivity contribution in [1.82, 2.24) is 5.32 Å². The van der Waals surface area contributed by atoms with Crippen molar-refractivity contribution in [3.63, 3.8) is 0 Å². The highest BCUT2D eigenvalue weighted by Crippen LogP contribution is 2.25. The van der Waals surface area contributed by atoms with Gasteiger partial charge in [-0.15, -0.1) is 0 Å². The summed E-state index contributed by atoms with van der Waals surface area (Å²) in [5.41, 5.74) is 0.472. The second-order valence-corrected chi connectivity index (χ2v) is 4.63. The average molecular weight is 296 g/mol. The Labute approximate surface area is 129 Å². The molecule has 112 valence electrons. The predicted octanol–water partition coefficient (Wildman–Crippen LogP) is 3.13. The van der Waals surface area contributed by atoms with Crippen molar-refractivity contribution >= 4 is 5.91 Å². The molecule has 0 aliphatic rings. The molecule has 0 bridgehead atoms. The SMILES string of the molecule is COc1cccc(Oc2ccc(C(=O)N[C@@H](C)C#N)cc2)c1. The van der Waals surface area contributed by atoms with E-state index in [1.165, 1.54) is 0 Å². The molecule has 0 radical (unpaired) electrons. The summed E-state index contributed by atoms with van der Waals surface area (Å²) in [6.45, 7) is 1.62. The van der Waals surface area contributed by atoms with E-state index in [-0.39, 0.29) is 5.91 Å². The van der Waals surface area contributed by atoms with Crippen LogP contribution in [0.25, 0.3) is 0 Å². The molecule has 0 fully saturated rings. The van der Waals surface area contributed by atoms with Crippen molar-refractivity contribution in [2.45, 2.75) is 13.0 Å². The van der Waals surface area contributed by atoms with Gasteiger partial charge in [-0.3, -0.25) is 4.79 Å². The maximum atomic E-state index is 11.8. The molecule has 0 unspecified atom stereocenters. The zero-order valence-corrected chi connectivity index (χ0v) is 12.4. The Morgan fingerprint density at radius 3 is 2.45 bits per heavy atom. The van der Waals surface area contributed by atoms with E-state index in [1.54, 1.807) is 44.4 Å². The number of nitrogens with one attached hydrogen (secondary N) is 1. The van der Waals surface area contributed by atoms with Crippen LogP contribution < -0.4 is 14.8 Å². The minimum atomic E-state index is -0.528. The van der Waals surface area contributed by atoms with Crippen LogP contribution in [0, 0.1) is 11.3 Å². The summed E-state index contributed by atoms with van der Waals surface area (Å²) < 4.78 is 10.8. The Kier molecular flexibility index (Phi) is 4.99. The first kappa shape index (κ1) is 15.4. The molecule has 1 atom stereocenters. The molecule has 2 rings (SSSR count). The predicted molar refractivity (Wildman–Crippen MR) is 82.1 cm³/mol. The summed E-state index contributed by atoms with van der Waals surface area (Å²) in [6, 6.07) is 15.4. The molecule has 2 aromatic carbocycles. The fraction of sp³-hybridized carbons (Fsp3) is 0.176. The molecule has 0 aliphatic heterocycles. The largest absolute Gasteiger partial charge is 0.497 e. The minimum Gasteiger partial charge on any atom is -0.497 e. The molecule has 1 amide bonds. The average Bonchev–Trinajstić information content (AvgIpc) is 2.55. The molecule has 2 aromatic rings. The number of benzene rings is 2. The number of hydrogen-bond donors (Lipinski definition) is 1. The molecule has 0 aliphatic carbocycles. The van der Waals surface area contributed by atoms with Crippen LogP contribution in [0.1, 0.15) is 17.3 Å². The van der Waals surface area contributed by atoms with E-state index in [9.17, 15) is 4.79 Å². The quantitative estimate of drug-likeness (QED) is 0.920. The van der Waals surface area contributed by atoms with Crippen molar-refractivity contribution in [3.05, 3.63) is 54.1 Å². The Morgan fingerprint density at radius 1 is 1.14 bits per heavy atom. The van der Waals surface area contributed by atoms with Crippen LogP contribution in [0.4, 0.5) is 0 Å². The van der Waals surface area contributed by atoms with Crippen molar-refractivity contribution in [1.29, 1.82) is 5.26 Å². The maximum Gasteiger partial charge on any atom is 0.252 e. The molecule has 0 saturated carbocycles. The lowest BCUT2D eigenvalue weighted by Gasteiger charge is -2.09. The lowest BCUT2D eigenvalue weighted by atomic mass is 10.2. The standard InChI is InChI=1S/C17H16N2O3/c1-12(11-18)19-17(20)13-6-8-14(9-7-13)22-16-5-3-4-15(10-16)21-2/h3-10,12H,1-2H3,(H,19,20)/t12-/m0/s1. The highest BCUT2D eigenvalue weighted by atomic mass is 16.5. The second-order valence-electron chi connectivity index (χ2n) is 4.63. The zero-order valence-electron chi connectivity index (χ0n) is 12.4. The fourth-order valence-corrected chi connectivity index (χ4v) is 1.79. The van der Waals surface area contributed by atoms with Gasteiger partial charge in [0.15, 0.2) is 0 Å². The monoisotopic (exact) mass is 296 g/mol. The Morgan fingerprint density at radius 2 is 1.82 bits per heavy atom. The number of amides is 1. The van der Waals surface area contributed by atoms with Gasteiger partial charge >= 0.3 is 0 Å². The van der Waals surface area contributed by atoms with E-state index < -0.39 is 6.04 Å². The zero-order chi connectivity index (χ0) is 15.9. The maximum absolute atomic E-state index is 11.8. The van der Waals surface area contributed by atoms with Crippen molar-refractivity contribution in [2.75, 3.05) is 7.11 Å². The van der Waals surface area contributed by atoms with Gasteiger partial charge in [-0.25, -0.2) is 0 Å². The normalized spacial score (nSPS) is 11.1. The summed E-state index contributed by atoms with van der Waals surface area (Å²) in [4.78, 5) is 11.8. The summed E-state index contributed by atoms with van der Waals surface area (Å²) in [5.74, 6) is 1.67. The van der Waals surface area contributed by atoms with Crippen LogP contribution in [0.15, 0.2) is 48.5 Å². The third-order valence-corrected chi connectivity index (χ3v) is 2.93. The third-order valence-electron chi connectivity index (χ3n) is 2.93. The molecule has 0 heterocycles. The van der Waals surface area contributed by atoms with E-state index in [0.717, 1.165) is 0 Å². The lowest BCUT2D eigenvalue weighted by molar-refractivity contribution is 0.0948. The number of nitriles is 1. The topological polar surface area (TPSA) is 71.3 Å². The van der Waals surface area contributed by atoms with E-state index >= 15 is 0 Å². The van der Waals surface area contributed by atoms with E-state index in [0.29, 0.717) is 22.8 Å². The van der Waals surface area contributed by atoms with Gasteiger partial charge in [0, 0.05) is 11.6 Å². The van der Waals surface area contributed by atoms with Gasteiger partial charge < -0.3 is 14.8 Å². The Balaban J connectivity index is 2.05. The van der Waals surface area contributed by atoms with Gasteiger partial charge in [-0.1, -0.05) is 6.07 Å². The van der Waals surface area contributed by atoms with E-state index in [4.69, 9.17) is 14.7 Å². The summed E-state index contributed by atoms with van der Waals surface area (Å²) in [7, 11) is 1.59. The molecule has 0 spiro atoms. The van der Waals surface area contributed by atoms with Gasteiger partial charge in [0.1, 0.15) is 23.3 Å². The minimum absolute atomic E-state index is 0.290. The number of rotatable bonds is 5. The molecule has 22 heavy (non-hydrogen) atoms. The molecular weight excluding hydrogens is 280 g/mol. The fourth-order valence-electron chi connectivity index (χ4n) is 1.79. The Hall–Kier alpha value is -3.00. The first-order valence-electron chi connectivity index (χ1n) is 6.75. The van der Waals surface area contributed by atoms with Gasteiger partial charge in [0.05, 0.1) is 13.2 Å². The van der Waals surface area contributed by atoms with Crippen LogP contribution in [-0.4, -0.2) is 19.1 Å².